The Kier molecular flexibility index (Phi) is 6.86. The zero-order chi connectivity index (χ0) is 26.5. The number of Topliss-reactive ketones (excluding diaryl/α,β-unsaturated/α-hetero) is 1. The maximum Gasteiger partial charge on any atom is 0.215 e. The third-order valence-corrected chi connectivity index (χ3v) is 10.9. The number of benzene rings is 5. The summed E-state index contributed by atoms with van der Waals surface area (Å²) in [6.45, 7) is -2.55. The Hall–Kier alpha value is -4.79. The zero-order valence-electron chi connectivity index (χ0n) is 21.2. The van der Waals surface area contributed by atoms with E-state index in [1.54, 1.807) is 0 Å². The molecular formula is C34H26N3OP. The first-order chi connectivity index (χ1) is 19.3. The molecule has 0 bridgehead atoms. The minimum absolute atomic E-state index is 0.167. The third kappa shape index (κ3) is 4.56. The smallest absolute Gasteiger partial charge is 0.215 e. The number of aliphatic imine (C=N–C) groups is 1. The topological polar surface area (TPSA) is 53.8 Å². The van der Waals surface area contributed by atoms with Crippen LogP contribution in [-0.4, -0.2) is 22.6 Å². The molecule has 6 rings (SSSR count). The number of nitrogens with zero attached hydrogens (tertiary/aromatic N) is 2. The van der Waals surface area contributed by atoms with E-state index in [0.717, 1.165) is 27.0 Å². The minimum atomic E-state index is -2.55. The van der Waals surface area contributed by atoms with Crippen molar-refractivity contribution >= 4 is 51.1 Å². The fourth-order valence-corrected chi connectivity index (χ4v) is 9.17. The van der Waals surface area contributed by atoms with Gasteiger partial charge in [-0.2, -0.15) is 5.10 Å². The van der Waals surface area contributed by atoms with Crippen LogP contribution in [0.25, 0.3) is 0 Å². The van der Waals surface area contributed by atoms with E-state index in [0.29, 0.717) is 17.0 Å². The van der Waals surface area contributed by atoms with Crippen LogP contribution in [-0.2, 0) is 0 Å². The molecule has 0 radical (unpaired) electrons. The van der Waals surface area contributed by atoms with Crippen LogP contribution in [0, 0.1) is 0 Å². The van der Waals surface area contributed by atoms with Gasteiger partial charge in [0.2, 0.25) is 5.78 Å². The fourth-order valence-electron chi connectivity index (χ4n) is 4.97. The SMILES string of the molecule is O=C(C1=NNC(=P(c2ccccc2)(c2ccccc2)c2ccccc2)C1=Nc1ccccc1)c1ccccc1. The predicted octanol–water partition coefficient (Wildman–Crippen LogP) is 5.73. The molecule has 0 atom stereocenters. The average molecular weight is 524 g/mol. The molecule has 0 unspecified atom stereocenters. The summed E-state index contributed by atoms with van der Waals surface area (Å²) in [6, 6.07) is 50.5. The highest BCUT2D eigenvalue weighted by atomic mass is 31.2. The van der Waals surface area contributed by atoms with Crippen LogP contribution in [0.4, 0.5) is 5.69 Å². The molecule has 188 valence electrons. The lowest BCUT2D eigenvalue weighted by Gasteiger charge is -2.31. The summed E-state index contributed by atoms with van der Waals surface area (Å²) in [7, 11) is 0. The van der Waals surface area contributed by atoms with Gasteiger partial charge >= 0.3 is 0 Å². The van der Waals surface area contributed by atoms with Gasteiger partial charge in [-0.25, -0.2) is 4.99 Å². The minimum Gasteiger partial charge on any atom is -0.287 e. The second kappa shape index (κ2) is 10.9. The standard InChI is InChI=1S/C34H26N3OP/c38-33(26-16-6-1-7-17-26)31-32(35-27-18-8-2-9-19-27)34(37-36-31)39(28-20-10-3-11-21-28,29-22-12-4-13-23-29)30-24-14-5-15-25-30/h1-25,37H. The molecular weight excluding hydrogens is 497 g/mol. The molecule has 0 spiro atoms. The monoisotopic (exact) mass is 523 g/mol. The molecule has 0 fully saturated rings. The number of ketones is 1. The summed E-state index contributed by atoms with van der Waals surface area (Å²) < 4.78 is 0. The molecule has 4 nitrogen and oxygen atoms in total. The molecule has 1 N–H and O–H groups in total. The Morgan fingerprint density at radius 1 is 0.564 bits per heavy atom. The van der Waals surface area contributed by atoms with Gasteiger partial charge in [-0.15, -0.1) is 0 Å². The van der Waals surface area contributed by atoms with Gasteiger partial charge in [0.1, 0.15) is 5.71 Å². The van der Waals surface area contributed by atoms with Crippen LogP contribution < -0.4 is 21.3 Å². The molecule has 39 heavy (non-hydrogen) atoms. The van der Waals surface area contributed by atoms with Gasteiger partial charge < -0.3 is 0 Å². The van der Waals surface area contributed by atoms with Gasteiger partial charge in [-0.1, -0.05) is 140 Å². The lowest BCUT2D eigenvalue weighted by molar-refractivity contribution is 0.106. The van der Waals surface area contributed by atoms with Crippen molar-refractivity contribution in [2.45, 2.75) is 0 Å². The highest BCUT2D eigenvalue weighted by molar-refractivity contribution is 7.96. The molecule has 0 amide bonds. The first-order valence-corrected chi connectivity index (χ1v) is 14.6. The molecule has 5 heteroatoms. The van der Waals surface area contributed by atoms with Gasteiger partial charge in [0.05, 0.1) is 11.1 Å². The number of rotatable bonds is 6. The number of nitrogens with one attached hydrogen (secondary N) is 1. The van der Waals surface area contributed by atoms with Crippen molar-refractivity contribution in [3.05, 3.63) is 157 Å². The predicted molar refractivity (Wildman–Crippen MR) is 165 cm³/mol. The van der Waals surface area contributed by atoms with Crippen molar-refractivity contribution in [3.63, 3.8) is 0 Å². The molecule has 0 aromatic heterocycles. The van der Waals surface area contributed by atoms with Crippen LogP contribution in [0.15, 0.2) is 162 Å². The maximum atomic E-state index is 13.9. The molecule has 0 aliphatic carbocycles. The summed E-state index contributed by atoms with van der Waals surface area (Å²) in [5, 5.41) is 8.13. The number of carbonyl (C=O) groups is 1. The molecule has 1 aliphatic heterocycles. The van der Waals surface area contributed by atoms with E-state index < -0.39 is 6.89 Å². The largest absolute Gasteiger partial charge is 0.287 e. The summed E-state index contributed by atoms with van der Waals surface area (Å²) in [5.41, 5.74) is 6.42. The number of para-hydroxylation sites is 1. The summed E-state index contributed by atoms with van der Waals surface area (Å²) >= 11 is 0. The molecule has 1 aliphatic rings. The molecule has 5 aromatic carbocycles. The second-order valence-electron chi connectivity index (χ2n) is 9.09. The van der Waals surface area contributed by atoms with E-state index in [1.165, 1.54) is 0 Å². The van der Waals surface area contributed by atoms with Crippen molar-refractivity contribution in [3.8, 4) is 0 Å². The van der Waals surface area contributed by atoms with Crippen LogP contribution in [0.3, 0.4) is 0 Å². The first kappa shape index (κ1) is 24.5. The molecule has 1 heterocycles. The van der Waals surface area contributed by atoms with E-state index in [-0.39, 0.29) is 5.78 Å². The van der Waals surface area contributed by atoms with Crippen LogP contribution >= 0.6 is 6.89 Å². The van der Waals surface area contributed by atoms with Gasteiger partial charge in [0, 0.05) is 12.4 Å². The summed E-state index contributed by atoms with van der Waals surface area (Å²) in [5.74, 6) is -0.167. The quantitative estimate of drug-likeness (QED) is 0.229. The van der Waals surface area contributed by atoms with Crippen molar-refractivity contribution in [2.75, 3.05) is 0 Å². The van der Waals surface area contributed by atoms with E-state index >= 15 is 0 Å². The Morgan fingerprint density at radius 3 is 1.44 bits per heavy atom. The summed E-state index contributed by atoms with van der Waals surface area (Å²) in [6.07, 6.45) is 0. The van der Waals surface area contributed by atoms with Crippen molar-refractivity contribution in [2.24, 2.45) is 10.1 Å². The Morgan fingerprint density at radius 2 is 0.974 bits per heavy atom. The van der Waals surface area contributed by atoms with E-state index in [4.69, 9.17) is 10.1 Å². The van der Waals surface area contributed by atoms with Crippen LogP contribution in [0.5, 0.6) is 0 Å². The number of carbonyl (C=O) groups excluding carboxylic acids is 1. The Labute approximate surface area is 228 Å². The molecule has 0 saturated carbocycles. The fraction of sp³-hybridized carbons (Fsp3) is 0. The van der Waals surface area contributed by atoms with Crippen molar-refractivity contribution in [1.29, 1.82) is 0 Å². The Bertz CT molecular complexity index is 1610. The average Bonchev–Trinajstić information content (AvgIpc) is 3.43. The highest BCUT2D eigenvalue weighted by Crippen LogP contribution is 2.46. The lowest BCUT2D eigenvalue weighted by Crippen LogP contribution is -2.38. The van der Waals surface area contributed by atoms with Crippen LogP contribution in [0.1, 0.15) is 10.4 Å². The third-order valence-electron chi connectivity index (χ3n) is 6.74. The van der Waals surface area contributed by atoms with Crippen molar-refractivity contribution < 1.29 is 4.79 Å². The van der Waals surface area contributed by atoms with Gasteiger partial charge in [0.25, 0.3) is 0 Å². The van der Waals surface area contributed by atoms with Crippen LogP contribution in [0.2, 0.25) is 0 Å². The first-order valence-electron chi connectivity index (χ1n) is 12.8. The van der Waals surface area contributed by atoms with Gasteiger partial charge in [-0.05, 0) is 28.0 Å². The molecule has 5 aromatic rings. The number of hydrazone groups is 1. The normalized spacial score (nSPS) is 14.1. The van der Waals surface area contributed by atoms with Gasteiger partial charge in [0.15, 0.2) is 5.71 Å². The lowest BCUT2D eigenvalue weighted by atomic mass is 10.0. The van der Waals surface area contributed by atoms with E-state index in [2.05, 4.69) is 78.2 Å². The van der Waals surface area contributed by atoms with E-state index in [9.17, 15) is 4.79 Å². The van der Waals surface area contributed by atoms with Crippen molar-refractivity contribution in [1.82, 2.24) is 5.43 Å². The Balaban J connectivity index is 1.73. The second-order valence-corrected chi connectivity index (χ2v) is 12.4. The highest BCUT2D eigenvalue weighted by Gasteiger charge is 2.38. The molecule has 0 saturated heterocycles. The summed E-state index contributed by atoms with van der Waals surface area (Å²) in [4.78, 5) is 19.0. The number of hydrogen-bond donors (Lipinski definition) is 1. The zero-order valence-corrected chi connectivity index (χ0v) is 22.1. The van der Waals surface area contributed by atoms with E-state index in [1.807, 2.05) is 78.9 Å². The number of hydrogen-bond acceptors (Lipinski definition) is 3. The van der Waals surface area contributed by atoms with Gasteiger partial charge in [-0.3, -0.25) is 10.2 Å². The maximum absolute atomic E-state index is 13.9.